The topological polar surface area (TPSA) is 107 Å². The van der Waals surface area contributed by atoms with Gasteiger partial charge in [-0.15, -0.1) is 0 Å². The van der Waals surface area contributed by atoms with Gasteiger partial charge >= 0.3 is 5.97 Å². The summed E-state index contributed by atoms with van der Waals surface area (Å²) in [6.07, 6.45) is 1.34. The largest absolute Gasteiger partial charge is 0.487 e. The lowest BCUT2D eigenvalue weighted by molar-refractivity contribution is 0.0694. The van der Waals surface area contributed by atoms with Crippen LogP contribution in [0.25, 0.3) is 10.9 Å². The van der Waals surface area contributed by atoms with Gasteiger partial charge in [-0.05, 0) is 20.0 Å². The number of aromatic carboxylic acids is 1. The van der Waals surface area contributed by atoms with Crippen LogP contribution in [0, 0.1) is 5.82 Å². The van der Waals surface area contributed by atoms with Crippen molar-refractivity contribution in [1.29, 1.82) is 0 Å². The molecule has 3 heterocycles. The molecule has 2 aliphatic heterocycles. The van der Waals surface area contributed by atoms with E-state index in [1.165, 1.54) is 6.20 Å². The number of carbonyl (C=O) groups is 1. The van der Waals surface area contributed by atoms with Gasteiger partial charge in [-0.3, -0.25) is 4.79 Å². The number of piperazine rings is 1. The molecule has 9 heteroatoms. The predicted molar refractivity (Wildman–Crippen MR) is 98.7 cm³/mol. The summed E-state index contributed by atoms with van der Waals surface area (Å²) in [6, 6.07) is 0.994. The van der Waals surface area contributed by atoms with Crippen molar-refractivity contribution >= 4 is 22.6 Å². The van der Waals surface area contributed by atoms with Crippen molar-refractivity contribution < 1.29 is 24.5 Å². The van der Waals surface area contributed by atoms with Gasteiger partial charge in [0.15, 0.2) is 11.6 Å². The van der Waals surface area contributed by atoms with Gasteiger partial charge in [-0.1, -0.05) is 0 Å². The average Bonchev–Trinajstić information content (AvgIpc) is 2.60. The Kier molecular flexibility index (Phi) is 4.83. The van der Waals surface area contributed by atoms with Gasteiger partial charge in [0.1, 0.15) is 17.9 Å². The summed E-state index contributed by atoms with van der Waals surface area (Å²) < 4.78 is 22.6. The lowest BCUT2D eigenvalue weighted by Gasteiger charge is -2.37. The highest BCUT2D eigenvalue weighted by Crippen LogP contribution is 2.42. The minimum absolute atomic E-state index is 0. The van der Waals surface area contributed by atoms with E-state index in [0.29, 0.717) is 30.0 Å². The van der Waals surface area contributed by atoms with Crippen LogP contribution in [-0.4, -0.2) is 65.9 Å². The van der Waals surface area contributed by atoms with E-state index in [2.05, 4.69) is 4.90 Å². The Bertz CT molecular complexity index is 966. The van der Waals surface area contributed by atoms with Crippen molar-refractivity contribution in [2.24, 2.45) is 0 Å². The Labute approximate surface area is 154 Å². The van der Waals surface area contributed by atoms with Crippen LogP contribution < -0.4 is 15.1 Å². The summed E-state index contributed by atoms with van der Waals surface area (Å²) in [5, 5.41) is 9.36. The summed E-state index contributed by atoms with van der Waals surface area (Å²) in [5.74, 6) is -1.54. The summed E-state index contributed by atoms with van der Waals surface area (Å²) >= 11 is 0. The Morgan fingerprint density at radius 1 is 1.30 bits per heavy atom. The van der Waals surface area contributed by atoms with Crippen molar-refractivity contribution in [2.45, 2.75) is 13.0 Å². The molecular weight excluding hydrogens is 357 g/mol. The Balaban J connectivity index is 0.00000210. The lowest BCUT2D eigenvalue weighted by atomic mass is 10.1. The third-order valence-electron chi connectivity index (χ3n) is 5.19. The standard InChI is InChI=1S/C18H20FN3O4.H2O/c1-10-9-26-17-14-11(16(23)12(18(24)25)8-22(10)14)7-13(19)15(17)21-5-3-20(2)4-6-21;/h7-8,10H,3-6,9H2,1-2H3,(H,24,25);1H2. The van der Waals surface area contributed by atoms with Crippen LogP contribution in [0.5, 0.6) is 5.75 Å². The Morgan fingerprint density at radius 2 is 1.96 bits per heavy atom. The molecule has 3 N–H and O–H groups in total. The maximum absolute atomic E-state index is 15.0. The number of hydrogen-bond acceptors (Lipinski definition) is 5. The number of hydrogen-bond donors (Lipinski definition) is 1. The van der Waals surface area contributed by atoms with E-state index in [-0.39, 0.29) is 29.1 Å². The molecular formula is C18H22FN3O5. The van der Waals surface area contributed by atoms with Gasteiger partial charge in [-0.25, -0.2) is 9.18 Å². The molecule has 2 aromatic rings. The molecule has 1 aromatic heterocycles. The number of anilines is 1. The molecule has 0 bridgehead atoms. The Hall–Kier alpha value is -2.65. The summed E-state index contributed by atoms with van der Waals surface area (Å²) in [5.41, 5.74) is -0.224. The number of carboxylic acids is 1. The quantitative estimate of drug-likeness (QED) is 0.824. The molecule has 146 valence electrons. The van der Waals surface area contributed by atoms with Crippen molar-refractivity contribution in [3.05, 3.63) is 33.9 Å². The highest BCUT2D eigenvalue weighted by Gasteiger charge is 2.30. The molecule has 1 aromatic carbocycles. The van der Waals surface area contributed by atoms with Crippen LogP contribution in [-0.2, 0) is 0 Å². The van der Waals surface area contributed by atoms with Gasteiger partial charge in [-0.2, -0.15) is 0 Å². The van der Waals surface area contributed by atoms with Gasteiger partial charge in [0, 0.05) is 32.4 Å². The van der Waals surface area contributed by atoms with E-state index in [9.17, 15) is 19.1 Å². The van der Waals surface area contributed by atoms with Crippen LogP contribution in [0.2, 0.25) is 0 Å². The minimum Gasteiger partial charge on any atom is -0.487 e. The number of likely N-dealkylation sites (N-methyl/N-ethyl adjacent to an activating group) is 1. The molecule has 1 unspecified atom stereocenters. The Morgan fingerprint density at radius 3 is 2.59 bits per heavy atom. The van der Waals surface area contributed by atoms with E-state index >= 15 is 0 Å². The highest BCUT2D eigenvalue weighted by atomic mass is 19.1. The fraction of sp³-hybridized carbons (Fsp3) is 0.444. The highest BCUT2D eigenvalue weighted by molar-refractivity contribution is 5.97. The number of nitrogens with zero attached hydrogens (tertiary/aromatic N) is 3. The molecule has 4 rings (SSSR count). The van der Waals surface area contributed by atoms with Gasteiger partial charge in [0.05, 0.1) is 16.9 Å². The molecule has 2 aliphatic rings. The third kappa shape index (κ3) is 2.92. The van der Waals surface area contributed by atoms with Gasteiger partial charge in [0.2, 0.25) is 5.43 Å². The third-order valence-corrected chi connectivity index (χ3v) is 5.19. The maximum Gasteiger partial charge on any atom is 0.341 e. The summed E-state index contributed by atoms with van der Waals surface area (Å²) in [4.78, 5) is 28.1. The molecule has 0 aliphatic carbocycles. The minimum atomic E-state index is -1.32. The SMILES string of the molecule is CC1COc2c(N3CCN(C)CC3)c(F)cc3c(=O)c(C(=O)O)cn1c23.O. The van der Waals surface area contributed by atoms with E-state index < -0.39 is 17.2 Å². The molecule has 0 saturated carbocycles. The van der Waals surface area contributed by atoms with Gasteiger partial charge < -0.3 is 29.7 Å². The fourth-order valence-electron chi connectivity index (χ4n) is 3.69. The number of halogens is 1. The molecule has 1 saturated heterocycles. The second-order valence-electron chi connectivity index (χ2n) is 6.97. The van der Waals surface area contributed by atoms with E-state index in [1.54, 1.807) is 4.57 Å². The van der Waals surface area contributed by atoms with Crippen LogP contribution in [0.15, 0.2) is 17.1 Å². The maximum atomic E-state index is 15.0. The zero-order chi connectivity index (χ0) is 18.6. The van der Waals surface area contributed by atoms with Crippen LogP contribution in [0.3, 0.4) is 0 Å². The number of benzene rings is 1. The predicted octanol–water partition coefficient (Wildman–Crippen LogP) is 0.719. The van der Waals surface area contributed by atoms with Crippen molar-refractivity contribution in [3.63, 3.8) is 0 Å². The molecule has 1 atom stereocenters. The number of carboxylic acid groups (broad SMARTS) is 1. The zero-order valence-electron chi connectivity index (χ0n) is 15.2. The van der Waals surface area contributed by atoms with E-state index in [1.807, 2.05) is 18.9 Å². The first-order chi connectivity index (χ1) is 12.4. The molecule has 0 spiro atoms. The lowest BCUT2D eigenvalue weighted by Crippen LogP contribution is -2.45. The molecule has 0 radical (unpaired) electrons. The molecule has 0 amide bonds. The zero-order valence-corrected chi connectivity index (χ0v) is 15.2. The number of rotatable bonds is 2. The van der Waals surface area contributed by atoms with Crippen molar-refractivity contribution in [2.75, 3.05) is 44.7 Å². The first kappa shape index (κ1) is 19.1. The molecule has 8 nitrogen and oxygen atoms in total. The van der Waals surface area contributed by atoms with Crippen molar-refractivity contribution in [3.8, 4) is 5.75 Å². The van der Waals surface area contributed by atoms with E-state index in [4.69, 9.17) is 4.74 Å². The average molecular weight is 379 g/mol. The first-order valence-electron chi connectivity index (χ1n) is 8.59. The fourth-order valence-corrected chi connectivity index (χ4v) is 3.69. The van der Waals surface area contributed by atoms with Crippen LogP contribution >= 0.6 is 0 Å². The second-order valence-corrected chi connectivity index (χ2v) is 6.97. The van der Waals surface area contributed by atoms with Crippen LogP contribution in [0.1, 0.15) is 23.3 Å². The number of aromatic nitrogens is 1. The van der Waals surface area contributed by atoms with E-state index in [0.717, 1.165) is 19.2 Å². The molecule has 27 heavy (non-hydrogen) atoms. The summed E-state index contributed by atoms with van der Waals surface area (Å²) in [6.45, 7) is 5.08. The monoisotopic (exact) mass is 379 g/mol. The molecule has 1 fully saturated rings. The van der Waals surface area contributed by atoms with Crippen LogP contribution in [0.4, 0.5) is 10.1 Å². The number of pyridine rings is 1. The smallest absolute Gasteiger partial charge is 0.341 e. The van der Waals surface area contributed by atoms with Crippen molar-refractivity contribution in [1.82, 2.24) is 9.47 Å². The normalized spacial score (nSPS) is 19.5. The summed E-state index contributed by atoms with van der Waals surface area (Å²) in [7, 11) is 2.02. The first-order valence-corrected chi connectivity index (χ1v) is 8.59. The van der Waals surface area contributed by atoms with Gasteiger partial charge in [0.25, 0.3) is 0 Å². The second kappa shape index (κ2) is 6.82. The number of ether oxygens (including phenoxy) is 1.